The minimum atomic E-state index is -3.33. The van der Waals surface area contributed by atoms with Crippen molar-refractivity contribution in [3.05, 3.63) is 83.9 Å². The van der Waals surface area contributed by atoms with Gasteiger partial charge in [0.25, 0.3) is 0 Å². The molecular weight excluding hydrogens is 420 g/mol. The Hall–Kier alpha value is -3.58. The Morgan fingerprint density at radius 3 is 2.59 bits per heavy atom. The van der Waals surface area contributed by atoms with Crippen LogP contribution in [-0.4, -0.2) is 25.7 Å². The molecular formula is C25H24N4O2S. The van der Waals surface area contributed by atoms with Gasteiger partial charge in [-0.3, -0.25) is 0 Å². The van der Waals surface area contributed by atoms with Crippen molar-refractivity contribution in [1.29, 1.82) is 0 Å². The second-order valence-electron chi connectivity index (χ2n) is 8.14. The smallest absolute Gasteiger partial charge is 0.180 e. The molecule has 1 aliphatic rings. The summed E-state index contributed by atoms with van der Waals surface area (Å²) in [4.78, 5) is 7.34. The molecule has 3 aromatic carbocycles. The third-order valence-electron chi connectivity index (χ3n) is 5.76. The van der Waals surface area contributed by atoms with E-state index >= 15 is 0 Å². The SMILES string of the molecule is Cc1ccc2nc(N3CCS(=O)(=O)c4ccccc4C3)cc(Nc3ccc(N)cc3)c2c1. The van der Waals surface area contributed by atoms with E-state index in [9.17, 15) is 8.42 Å². The van der Waals surface area contributed by atoms with Gasteiger partial charge in [0.2, 0.25) is 0 Å². The lowest BCUT2D eigenvalue weighted by Gasteiger charge is -2.23. The predicted molar refractivity (Wildman–Crippen MR) is 130 cm³/mol. The van der Waals surface area contributed by atoms with E-state index in [1.54, 1.807) is 12.1 Å². The molecule has 7 heteroatoms. The number of hydrogen-bond acceptors (Lipinski definition) is 6. The molecule has 0 amide bonds. The topological polar surface area (TPSA) is 88.3 Å². The zero-order valence-corrected chi connectivity index (χ0v) is 18.6. The van der Waals surface area contributed by atoms with Gasteiger partial charge in [-0.25, -0.2) is 13.4 Å². The molecule has 32 heavy (non-hydrogen) atoms. The molecule has 162 valence electrons. The average molecular weight is 445 g/mol. The van der Waals surface area contributed by atoms with Crippen molar-refractivity contribution < 1.29 is 8.42 Å². The number of anilines is 4. The number of nitrogen functional groups attached to an aromatic ring is 1. The Morgan fingerprint density at radius 2 is 1.78 bits per heavy atom. The Balaban J connectivity index is 1.60. The molecule has 0 saturated heterocycles. The third kappa shape index (κ3) is 3.87. The van der Waals surface area contributed by atoms with Crippen molar-refractivity contribution in [3.63, 3.8) is 0 Å². The fourth-order valence-electron chi connectivity index (χ4n) is 4.07. The molecule has 0 spiro atoms. The van der Waals surface area contributed by atoms with Gasteiger partial charge in [0, 0.05) is 35.9 Å². The van der Waals surface area contributed by atoms with Crippen molar-refractivity contribution >= 4 is 43.6 Å². The molecule has 0 saturated carbocycles. The maximum Gasteiger partial charge on any atom is 0.180 e. The van der Waals surface area contributed by atoms with Crippen LogP contribution < -0.4 is 16.0 Å². The first-order chi connectivity index (χ1) is 15.4. The van der Waals surface area contributed by atoms with Gasteiger partial charge in [0.05, 0.1) is 21.9 Å². The van der Waals surface area contributed by atoms with Crippen LogP contribution in [0.1, 0.15) is 11.1 Å². The summed E-state index contributed by atoms with van der Waals surface area (Å²) in [6, 6.07) is 23.0. The Bertz CT molecular complexity index is 1420. The summed E-state index contributed by atoms with van der Waals surface area (Å²) in [5.41, 5.74) is 11.2. The normalized spacial score (nSPS) is 15.2. The lowest BCUT2D eigenvalue weighted by molar-refractivity contribution is 0.596. The molecule has 4 aromatic rings. The van der Waals surface area contributed by atoms with Gasteiger partial charge in [0.1, 0.15) is 5.82 Å². The van der Waals surface area contributed by atoms with Crippen LogP contribution in [-0.2, 0) is 16.4 Å². The summed E-state index contributed by atoms with van der Waals surface area (Å²) in [6.07, 6.45) is 0. The number of fused-ring (bicyclic) bond motifs is 2. The number of nitrogens with one attached hydrogen (secondary N) is 1. The monoisotopic (exact) mass is 444 g/mol. The van der Waals surface area contributed by atoms with Crippen LogP contribution in [0, 0.1) is 6.92 Å². The first kappa shape index (κ1) is 20.3. The Labute approximate surface area is 187 Å². The van der Waals surface area contributed by atoms with E-state index < -0.39 is 9.84 Å². The Kier molecular flexibility index (Phi) is 4.98. The fourth-order valence-corrected chi connectivity index (χ4v) is 5.57. The molecule has 6 nitrogen and oxygen atoms in total. The van der Waals surface area contributed by atoms with E-state index in [2.05, 4.69) is 18.3 Å². The molecule has 0 unspecified atom stereocenters. The molecule has 5 rings (SSSR count). The molecule has 0 aliphatic carbocycles. The van der Waals surface area contributed by atoms with E-state index in [1.807, 2.05) is 59.5 Å². The molecule has 0 radical (unpaired) electrons. The average Bonchev–Trinajstić information content (AvgIpc) is 2.91. The predicted octanol–water partition coefficient (Wildman–Crippen LogP) is 4.66. The molecule has 2 heterocycles. The standard InChI is InChI=1S/C25H24N4O2S/c1-17-6-11-22-21(14-17)23(27-20-9-7-19(26)8-10-20)15-25(28-22)29-12-13-32(30,31)24-5-3-2-4-18(24)16-29/h2-11,14-15H,12-13,16,26H2,1H3,(H,27,28). The molecule has 3 N–H and O–H groups in total. The van der Waals surface area contributed by atoms with Crippen LogP contribution in [0.15, 0.2) is 77.7 Å². The minimum Gasteiger partial charge on any atom is -0.399 e. The van der Waals surface area contributed by atoms with Gasteiger partial charge in [-0.05, 0) is 55.0 Å². The van der Waals surface area contributed by atoms with Crippen LogP contribution in [0.2, 0.25) is 0 Å². The van der Waals surface area contributed by atoms with Crippen LogP contribution in [0.5, 0.6) is 0 Å². The number of benzene rings is 3. The van der Waals surface area contributed by atoms with Gasteiger partial charge in [-0.1, -0.05) is 29.8 Å². The van der Waals surface area contributed by atoms with Crippen LogP contribution >= 0.6 is 0 Å². The van der Waals surface area contributed by atoms with Gasteiger partial charge < -0.3 is 16.0 Å². The summed E-state index contributed by atoms with van der Waals surface area (Å²) in [5, 5.41) is 4.50. The summed E-state index contributed by atoms with van der Waals surface area (Å²) in [7, 11) is -3.33. The van der Waals surface area contributed by atoms with E-state index in [0.717, 1.165) is 39.2 Å². The van der Waals surface area contributed by atoms with Crippen molar-refractivity contribution in [2.45, 2.75) is 18.4 Å². The van der Waals surface area contributed by atoms with Gasteiger partial charge in [0.15, 0.2) is 9.84 Å². The number of rotatable bonds is 3. The Morgan fingerprint density at radius 1 is 1.00 bits per heavy atom. The van der Waals surface area contributed by atoms with Crippen LogP contribution in [0.4, 0.5) is 22.9 Å². The lowest BCUT2D eigenvalue weighted by atomic mass is 10.1. The van der Waals surface area contributed by atoms with Crippen molar-refractivity contribution in [2.24, 2.45) is 0 Å². The summed E-state index contributed by atoms with van der Waals surface area (Å²) in [6.45, 7) is 2.92. The van der Waals surface area contributed by atoms with E-state index in [4.69, 9.17) is 10.7 Å². The maximum absolute atomic E-state index is 12.8. The highest BCUT2D eigenvalue weighted by atomic mass is 32.2. The highest BCUT2D eigenvalue weighted by Crippen LogP contribution is 2.33. The summed E-state index contributed by atoms with van der Waals surface area (Å²) < 4.78 is 25.6. The molecule has 1 aromatic heterocycles. The molecule has 0 fully saturated rings. The quantitative estimate of drug-likeness (QED) is 0.447. The van der Waals surface area contributed by atoms with Crippen LogP contribution in [0.25, 0.3) is 10.9 Å². The number of nitrogens with two attached hydrogens (primary N) is 1. The number of sulfone groups is 1. The second-order valence-corrected chi connectivity index (χ2v) is 10.2. The molecule has 0 atom stereocenters. The van der Waals surface area contributed by atoms with E-state index in [0.29, 0.717) is 23.7 Å². The van der Waals surface area contributed by atoms with Crippen molar-refractivity contribution in [1.82, 2.24) is 4.98 Å². The summed E-state index contributed by atoms with van der Waals surface area (Å²) in [5.74, 6) is 0.796. The minimum absolute atomic E-state index is 0.0539. The van der Waals surface area contributed by atoms with Crippen LogP contribution in [0.3, 0.4) is 0 Å². The van der Waals surface area contributed by atoms with Gasteiger partial charge in [-0.2, -0.15) is 0 Å². The second kappa shape index (κ2) is 7.84. The molecule has 0 bridgehead atoms. The number of nitrogens with zero attached hydrogens (tertiary/aromatic N) is 2. The van der Waals surface area contributed by atoms with Crippen molar-refractivity contribution in [2.75, 3.05) is 28.2 Å². The highest BCUT2D eigenvalue weighted by molar-refractivity contribution is 7.91. The maximum atomic E-state index is 12.8. The van der Waals surface area contributed by atoms with E-state index in [-0.39, 0.29) is 5.75 Å². The lowest BCUT2D eigenvalue weighted by Crippen LogP contribution is -2.26. The first-order valence-electron chi connectivity index (χ1n) is 10.5. The van der Waals surface area contributed by atoms with Gasteiger partial charge in [-0.15, -0.1) is 0 Å². The number of aryl methyl sites for hydroxylation is 1. The molecule has 1 aliphatic heterocycles. The largest absolute Gasteiger partial charge is 0.399 e. The number of pyridine rings is 1. The zero-order valence-electron chi connectivity index (χ0n) is 17.7. The highest BCUT2D eigenvalue weighted by Gasteiger charge is 2.26. The van der Waals surface area contributed by atoms with Gasteiger partial charge >= 0.3 is 0 Å². The van der Waals surface area contributed by atoms with Crippen molar-refractivity contribution in [3.8, 4) is 0 Å². The number of aromatic nitrogens is 1. The zero-order chi connectivity index (χ0) is 22.3. The number of hydrogen-bond donors (Lipinski definition) is 2. The summed E-state index contributed by atoms with van der Waals surface area (Å²) >= 11 is 0. The fraction of sp³-hybridized carbons (Fsp3) is 0.160. The van der Waals surface area contributed by atoms with E-state index in [1.165, 1.54) is 0 Å². The third-order valence-corrected chi connectivity index (χ3v) is 7.55. The first-order valence-corrected chi connectivity index (χ1v) is 12.1.